The minimum atomic E-state index is 0.157. The lowest BCUT2D eigenvalue weighted by molar-refractivity contribution is -0.132. The van der Waals surface area contributed by atoms with Crippen molar-refractivity contribution in [2.24, 2.45) is 0 Å². The number of nitrogens with zero attached hydrogens (tertiary/aromatic N) is 2. The lowest BCUT2D eigenvalue weighted by Crippen LogP contribution is -2.38. The fraction of sp³-hybridized carbons (Fsp3) is 0.429. The molecule has 5 heteroatoms. The van der Waals surface area contributed by atoms with Crippen LogP contribution in [0.15, 0.2) is 35.7 Å². The van der Waals surface area contributed by atoms with E-state index < -0.39 is 0 Å². The van der Waals surface area contributed by atoms with Crippen molar-refractivity contribution >= 4 is 23.2 Å². The van der Waals surface area contributed by atoms with Gasteiger partial charge in [-0.05, 0) is 42.8 Å². The smallest absolute Gasteiger partial charge is 0.227 e. The minimum absolute atomic E-state index is 0.157. The van der Waals surface area contributed by atoms with E-state index in [1.165, 1.54) is 11.1 Å². The molecular weight excluding hydrogens is 344 g/mol. The van der Waals surface area contributed by atoms with Crippen molar-refractivity contribution in [3.05, 3.63) is 57.3 Å². The van der Waals surface area contributed by atoms with E-state index in [1.54, 1.807) is 11.3 Å². The molecule has 1 fully saturated rings. The van der Waals surface area contributed by atoms with Gasteiger partial charge in [0.15, 0.2) is 0 Å². The molecule has 0 atom stereocenters. The zero-order valence-electron chi connectivity index (χ0n) is 15.5. The molecule has 1 saturated heterocycles. The number of carbonyl (C=O) groups excluding carboxylic acids is 2. The molecule has 0 spiro atoms. The number of aryl methyl sites for hydroxylation is 2. The minimum Gasteiger partial charge on any atom is -0.341 e. The Kier molecular flexibility index (Phi) is 6.09. The summed E-state index contributed by atoms with van der Waals surface area (Å²) in [6.45, 7) is 6.84. The second-order valence-corrected chi connectivity index (χ2v) is 8.01. The van der Waals surface area contributed by atoms with Gasteiger partial charge in [-0.25, -0.2) is 0 Å². The summed E-state index contributed by atoms with van der Waals surface area (Å²) in [6.07, 6.45) is 1.75. The summed E-state index contributed by atoms with van der Waals surface area (Å²) >= 11 is 1.62. The highest BCUT2D eigenvalue weighted by Gasteiger charge is 2.22. The Bertz CT molecular complexity index is 770. The third-order valence-corrected chi connectivity index (χ3v) is 5.82. The summed E-state index contributed by atoms with van der Waals surface area (Å²) in [7, 11) is 0. The molecule has 0 unspecified atom stereocenters. The molecule has 0 bridgehead atoms. The number of thiophene rings is 1. The van der Waals surface area contributed by atoms with E-state index in [4.69, 9.17) is 0 Å². The summed E-state index contributed by atoms with van der Waals surface area (Å²) in [5.41, 5.74) is 3.48. The fourth-order valence-corrected chi connectivity index (χ4v) is 4.11. The van der Waals surface area contributed by atoms with Crippen molar-refractivity contribution < 1.29 is 9.59 Å². The summed E-state index contributed by atoms with van der Waals surface area (Å²) in [6, 6.07) is 10.2. The van der Waals surface area contributed by atoms with Crippen LogP contribution in [0.5, 0.6) is 0 Å². The van der Waals surface area contributed by atoms with Gasteiger partial charge in [-0.2, -0.15) is 0 Å². The third kappa shape index (κ3) is 4.73. The first-order chi connectivity index (χ1) is 12.5. The zero-order chi connectivity index (χ0) is 18.5. The number of hydrogen-bond acceptors (Lipinski definition) is 3. The largest absolute Gasteiger partial charge is 0.341 e. The maximum absolute atomic E-state index is 12.7. The van der Waals surface area contributed by atoms with Crippen LogP contribution in [0.2, 0.25) is 0 Å². The van der Waals surface area contributed by atoms with Gasteiger partial charge in [-0.3, -0.25) is 9.59 Å². The molecule has 0 aliphatic carbocycles. The second kappa shape index (κ2) is 8.49. The summed E-state index contributed by atoms with van der Waals surface area (Å²) in [5.74, 6) is 0.320. The molecule has 2 amide bonds. The molecule has 4 nitrogen and oxygen atoms in total. The molecule has 0 N–H and O–H groups in total. The summed E-state index contributed by atoms with van der Waals surface area (Å²) in [4.78, 5) is 30.1. The SMILES string of the molecule is Cc1ccc(CC(=O)N2CCCN(C(=O)Cc3cccs3)CC2)c(C)c1. The van der Waals surface area contributed by atoms with Crippen molar-refractivity contribution in [2.75, 3.05) is 26.2 Å². The van der Waals surface area contributed by atoms with E-state index in [1.807, 2.05) is 27.3 Å². The quantitative estimate of drug-likeness (QED) is 0.829. The Morgan fingerprint density at radius 1 is 0.962 bits per heavy atom. The highest BCUT2D eigenvalue weighted by molar-refractivity contribution is 7.10. The molecule has 1 aliphatic heterocycles. The molecule has 1 aromatic heterocycles. The second-order valence-electron chi connectivity index (χ2n) is 6.98. The van der Waals surface area contributed by atoms with Crippen LogP contribution in [-0.4, -0.2) is 47.8 Å². The van der Waals surface area contributed by atoms with Crippen molar-refractivity contribution in [1.82, 2.24) is 9.80 Å². The molecule has 2 aromatic rings. The maximum Gasteiger partial charge on any atom is 0.227 e. The van der Waals surface area contributed by atoms with Crippen LogP contribution >= 0.6 is 11.3 Å². The first kappa shape index (κ1) is 18.6. The molecular formula is C21H26N2O2S. The number of rotatable bonds is 4. The average Bonchev–Trinajstić information content (AvgIpc) is 2.98. The standard InChI is InChI=1S/C21H26N2O2S/c1-16-6-7-18(17(2)13-16)14-20(24)22-8-4-9-23(11-10-22)21(25)15-19-5-3-12-26-19/h3,5-7,12-13H,4,8-11,14-15H2,1-2H3. The van der Waals surface area contributed by atoms with Gasteiger partial charge < -0.3 is 9.80 Å². The Morgan fingerprint density at radius 2 is 1.65 bits per heavy atom. The third-order valence-electron chi connectivity index (χ3n) is 4.95. The predicted octanol–water partition coefficient (Wildman–Crippen LogP) is 3.21. The molecule has 1 aliphatic rings. The lowest BCUT2D eigenvalue weighted by Gasteiger charge is -2.22. The van der Waals surface area contributed by atoms with Gasteiger partial charge in [0.25, 0.3) is 0 Å². The Balaban J connectivity index is 1.55. The van der Waals surface area contributed by atoms with Gasteiger partial charge in [0.1, 0.15) is 0 Å². The lowest BCUT2D eigenvalue weighted by atomic mass is 10.0. The fourth-order valence-electron chi connectivity index (χ4n) is 3.41. The van der Waals surface area contributed by atoms with Crippen LogP contribution in [0, 0.1) is 13.8 Å². The normalized spacial score (nSPS) is 15.0. The average molecular weight is 371 g/mol. The molecule has 138 valence electrons. The van der Waals surface area contributed by atoms with Crippen LogP contribution in [0.25, 0.3) is 0 Å². The van der Waals surface area contributed by atoms with E-state index in [0.29, 0.717) is 25.9 Å². The molecule has 1 aromatic carbocycles. The van der Waals surface area contributed by atoms with Gasteiger partial charge in [0.2, 0.25) is 11.8 Å². The van der Waals surface area contributed by atoms with Crippen molar-refractivity contribution in [1.29, 1.82) is 0 Å². The Morgan fingerprint density at radius 3 is 2.27 bits per heavy atom. The van der Waals surface area contributed by atoms with E-state index in [0.717, 1.165) is 30.0 Å². The molecule has 2 heterocycles. The highest BCUT2D eigenvalue weighted by Crippen LogP contribution is 2.15. The van der Waals surface area contributed by atoms with E-state index >= 15 is 0 Å². The first-order valence-electron chi connectivity index (χ1n) is 9.17. The Labute approximate surface area is 159 Å². The van der Waals surface area contributed by atoms with E-state index in [2.05, 4.69) is 32.0 Å². The van der Waals surface area contributed by atoms with Gasteiger partial charge in [0, 0.05) is 31.1 Å². The Hall–Kier alpha value is -2.14. The van der Waals surface area contributed by atoms with Crippen LogP contribution in [0.3, 0.4) is 0 Å². The number of amides is 2. The number of carbonyl (C=O) groups is 2. The predicted molar refractivity (Wildman–Crippen MR) is 105 cm³/mol. The van der Waals surface area contributed by atoms with Crippen LogP contribution < -0.4 is 0 Å². The van der Waals surface area contributed by atoms with Crippen LogP contribution in [0.1, 0.15) is 28.0 Å². The van der Waals surface area contributed by atoms with Gasteiger partial charge in [-0.15, -0.1) is 11.3 Å². The van der Waals surface area contributed by atoms with E-state index in [9.17, 15) is 9.59 Å². The van der Waals surface area contributed by atoms with Gasteiger partial charge in [-0.1, -0.05) is 29.8 Å². The molecule has 26 heavy (non-hydrogen) atoms. The highest BCUT2D eigenvalue weighted by atomic mass is 32.1. The first-order valence-corrected chi connectivity index (χ1v) is 10.0. The van der Waals surface area contributed by atoms with Gasteiger partial charge in [0.05, 0.1) is 12.8 Å². The number of benzene rings is 1. The molecule has 3 rings (SSSR count). The molecule has 0 radical (unpaired) electrons. The van der Waals surface area contributed by atoms with Crippen LogP contribution in [0.4, 0.5) is 0 Å². The zero-order valence-corrected chi connectivity index (χ0v) is 16.3. The van der Waals surface area contributed by atoms with Crippen molar-refractivity contribution in [3.8, 4) is 0 Å². The van der Waals surface area contributed by atoms with Gasteiger partial charge >= 0.3 is 0 Å². The van der Waals surface area contributed by atoms with Crippen molar-refractivity contribution in [2.45, 2.75) is 33.1 Å². The number of hydrogen-bond donors (Lipinski definition) is 0. The topological polar surface area (TPSA) is 40.6 Å². The summed E-state index contributed by atoms with van der Waals surface area (Å²) in [5, 5.41) is 2.00. The van der Waals surface area contributed by atoms with Crippen LogP contribution in [-0.2, 0) is 22.4 Å². The monoisotopic (exact) mass is 370 g/mol. The maximum atomic E-state index is 12.7. The molecule has 0 saturated carbocycles. The van der Waals surface area contributed by atoms with E-state index in [-0.39, 0.29) is 11.8 Å². The van der Waals surface area contributed by atoms with Crippen molar-refractivity contribution in [3.63, 3.8) is 0 Å². The summed E-state index contributed by atoms with van der Waals surface area (Å²) < 4.78 is 0.